The summed E-state index contributed by atoms with van der Waals surface area (Å²) in [5.41, 5.74) is 7.93. The summed E-state index contributed by atoms with van der Waals surface area (Å²) in [6, 6.07) is 18.4. The van der Waals surface area contributed by atoms with Gasteiger partial charge in [-0.2, -0.15) is 10.1 Å². The van der Waals surface area contributed by atoms with Gasteiger partial charge < -0.3 is 5.73 Å². The molecule has 4 heteroatoms. The van der Waals surface area contributed by atoms with E-state index in [1.54, 1.807) is 12.1 Å². The molecule has 0 aliphatic carbocycles. The highest BCUT2D eigenvalue weighted by Crippen LogP contribution is 2.17. The van der Waals surface area contributed by atoms with Gasteiger partial charge in [-0.1, -0.05) is 62.4 Å². The number of amides is 2. The van der Waals surface area contributed by atoms with E-state index in [1.807, 2.05) is 62.4 Å². The first kappa shape index (κ1) is 14.8. The highest BCUT2D eigenvalue weighted by molar-refractivity contribution is 6.04. The molecule has 0 spiro atoms. The molecule has 0 saturated heterocycles. The van der Waals surface area contributed by atoms with Crippen molar-refractivity contribution in [1.82, 2.24) is 0 Å². The van der Waals surface area contributed by atoms with Crippen LogP contribution in [0.25, 0.3) is 0 Å². The van der Waals surface area contributed by atoms with Crippen molar-refractivity contribution in [3.05, 3.63) is 66.2 Å². The van der Waals surface area contributed by atoms with E-state index in [1.165, 1.54) is 5.01 Å². The molecule has 0 aromatic heterocycles. The molecule has 2 rings (SSSR count). The Labute approximate surface area is 124 Å². The van der Waals surface area contributed by atoms with Gasteiger partial charge in [-0.05, 0) is 23.6 Å². The first-order valence-corrected chi connectivity index (χ1v) is 6.88. The Bertz CT molecular complexity index is 621. The van der Waals surface area contributed by atoms with Crippen LogP contribution in [0.3, 0.4) is 0 Å². The standard InChI is InChI=1S/C17H19N3O/c1-13(2)16(14-9-5-3-6-10-14)19-20(17(18)21)15-11-7-4-8-12-15/h3-13H,1-2H3,(H2,18,21)/b19-16+. The van der Waals surface area contributed by atoms with Gasteiger partial charge in [-0.25, -0.2) is 4.79 Å². The van der Waals surface area contributed by atoms with Gasteiger partial charge >= 0.3 is 6.03 Å². The van der Waals surface area contributed by atoms with Crippen molar-refractivity contribution in [2.75, 3.05) is 5.01 Å². The summed E-state index contributed by atoms with van der Waals surface area (Å²) in [5.74, 6) is 0.165. The Morgan fingerprint density at radius 1 is 1.00 bits per heavy atom. The van der Waals surface area contributed by atoms with Crippen LogP contribution < -0.4 is 10.7 Å². The largest absolute Gasteiger partial charge is 0.350 e. The molecular formula is C17H19N3O. The number of carbonyl (C=O) groups is 1. The van der Waals surface area contributed by atoms with E-state index in [9.17, 15) is 4.79 Å². The second kappa shape index (κ2) is 6.70. The van der Waals surface area contributed by atoms with Crippen molar-refractivity contribution in [2.24, 2.45) is 16.8 Å². The first-order valence-electron chi connectivity index (χ1n) is 6.88. The van der Waals surface area contributed by atoms with E-state index >= 15 is 0 Å². The molecule has 0 aliphatic rings. The zero-order chi connectivity index (χ0) is 15.2. The molecule has 2 amide bonds. The topological polar surface area (TPSA) is 58.7 Å². The minimum absolute atomic E-state index is 0.165. The number of anilines is 1. The van der Waals surface area contributed by atoms with E-state index in [0.29, 0.717) is 5.69 Å². The average molecular weight is 281 g/mol. The lowest BCUT2D eigenvalue weighted by molar-refractivity contribution is 0.254. The lowest BCUT2D eigenvalue weighted by atomic mass is 10.0. The van der Waals surface area contributed by atoms with E-state index in [0.717, 1.165) is 11.3 Å². The van der Waals surface area contributed by atoms with Crippen LogP contribution in [0.1, 0.15) is 19.4 Å². The van der Waals surface area contributed by atoms with E-state index in [2.05, 4.69) is 5.10 Å². The number of nitrogens with two attached hydrogens (primary N) is 1. The van der Waals surface area contributed by atoms with Crippen LogP contribution >= 0.6 is 0 Å². The van der Waals surface area contributed by atoms with Crippen molar-refractivity contribution >= 4 is 17.4 Å². The van der Waals surface area contributed by atoms with Crippen LogP contribution in [0, 0.1) is 5.92 Å². The predicted octanol–water partition coefficient (Wildman–Crippen LogP) is 3.63. The summed E-state index contributed by atoms with van der Waals surface area (Å²) >= 11 is 0. The average Bonchev–Trinajstić information content (AvgIpc) is 2.49. The molecule has 21 heavy (non-hydrogen) atoms. The SMILES string of the molecule is CC(C)/C(=N\N(C(N)=O)c1ccccc1)c1ccccc1. The Morgan fingerprint density at radius 2 is 1.52 bits per heavy atom. The van der Waals surface area contributed by atoms with Gasteiger partial charge in [-0.3, -0.25) is 0 Å². The van der Waals surface area contributed by atoms with Gasteiger partial charge in [0.25, 0.3) is 0 Å². The lowest BCUT2D eigenvalue weighted by Gasteiger charge is -2.19. The fraction of sp³-hybridized carbons (Fsp3) is 0.176. The summed E-state index contributed by atoms with van der Waals surface area (Å²) in [6.45, 7) is 4.08. The Hall–Kier alpha value is -2.62. The summed E-state index contributed by atoms with van der Waals surface area (Å²) in [4.78, 5) is 11.7. The van der Waals surface area contributed by atoms with Gasteiger partial charge in [0.05, 0.1) is 11.4 Å². The van der Waals surface area contributed by atoms with Gasteiger partial charge in [0.15, 0.2) is 0 Å². The Morgan fingerprint density at radius 3 is 2.00 bits per heavy atom. The quantitative estimate of drug-likeness (QED) is 0.675. The number of nitrogens with zero attached hydrogens (tertiary/aromatic N) is 2. The van der Waals surface area contributed by atoms with Crippen molar-refractivity contribution < 1.29 is 4.79 Å². The van der Waals surface area contributed by atoms with Crippen molar-refractivity contribution in [1.29, 1.82) is 0 Å². The Balaban J connectivity index is 2.46. The second-order valence-electron chi connectivity index (χ2n) is 4.99. The fourth-order valence-electron chi connectivity index (χ4n) is 2.03. The third-order valence-electron chi connectivity index (χ3n) is 3.03. The molecule has 4 nitrogen and oxygen atoms in total. The maximum absolute atomic E-state index is 11.7. The second-order valence-corrected chi connectivity index (χ2v) is 4.99. The van der Waals surface area contributed by atoms with Crippen LogP contribution in [-0.2, 0) is 0 Å². The summed E-state index contributed by atoms with van der Waals surface area (Å²) in [6.07, 6.45) is 0. The van der Waals surface area contributed by atoms with Crippen molar-refractivity contribution in [2.45, 2.75) is 13.8 Å². The maximum atomic E-state index is 11.7. The molecule has 0 unspecified atom stereocenters. The molecule has 0 bridgehead atoms. The molecule has 0 aliphatic heterocycles. The van der Waals surface area contributed by atoms with E-state index in [4.69, 9.17) is 5.73 Å². The van der Waals surface area contributed by atoms with Crippen LogP contribution in [0.4, 0.5) is 10.5 Å². The van der Waals surface area contributed by atoms with Gasteiger partial charge in [0.2, 0.25) is 0 Å². The smallest absolute Gasteiger partial charge is 0.340 e. The lowest BCUT2D eigenvalue weighted by Crippen LogP contribution is -2.33. The van der Waals surface area contributed by atoms with E-state index in [-0.39, 0.29) is 5.92 Å². The van der Waals surface area contributed by atoms with Gasteiger partial charge in [0, 0.05) is 0 Å². The number of rotatable bonds is 4. The highest BCUT2D eigenvalue weighted by atomic mass is 16.2. The number of primary amides is 1. The van der Waals surface area contributed by atoms with Crippen LogP contribution in [0.2, 0.25) is 0 Å². The van der Waals surface area contributed by atoms with Crippen LogP contribution in [-0.4, -0.2) is 11.7 Å². The normalized spacial score (nSPS) is 11.5. The third-order valence-corrected chi connectivity index (χ3v) is 3.03. The number of hydrogen-bond acceptors (Lipinski definition) is 2. The third kappa shape index (κ3) is 3.69. The molecule has 0 saturated carbocycles. The molecule has 2 aromatic carbocycles. The molecule has 108 valence electrons. The predicted molar refractivity (Wildman–Crippen MR) is 86.3 cm³/mol. The van der Waals surface area contributed by atoms with Crippen molar-refractivity contribution in [3.63, 3.8) is 0 Å². The molecular weight excluding hydrogens is 262 g/mol. The summed E-state index contributed by atoms with van der Waals surface area (Å²) in [5, 5.41) is 5.73. The van der Waals surface area contributed by atoms with Crippen molar-refractivity contribution in [3.8, 4) is 0 Å². The zero-order valence-corrected chi connectivity index (χ0v) is 12.2. The maximum Gasteiger partial charge on any atom is 0.340 e. The molecule has 0 radical (unpaired) electrons. The first-order chi connectivity index (χ1) is 10.1. The number of hydrogen-bond donors (Lipinski definition) is 1. The zero-order valence-electron chi connectivity index (χ0n) is 12.2. The fourth-order valence-corrected chi connectivity index (χ4v) is 2.03. The molecule has 2 aromatic rings. The summed E-state index contributed by atoms with van der Waals surface area (Å²) < 4.78 is 0. The van der Waals surface area contributed by atoms with E-state index < -0.39 is 6.03 Å². The van der Waals surface area contributed by atoms with Gasteiger partial charge in [-0.15, -0.1) is 0 Å². The van der Waals surface area contributed by atoms with Crippen LogP contribution in [0.15, 0.2) is 65.8 Å². The van der Waals surface area contributed by atoms with Gasteiger partial charge in [0.1, 0.15) is 0 Å². The van der Waals surface area contributed by atoms with Crippen LogP contribution in [0.5, 0.6) is 0 Å². The minimum atomic E-state index is -0.602. The molecule has 0 atom stereocenters. The highest BCUT2D eigenvalue weighted by Gasteiger charge is 2.15. The molecule has 2 N–H and O–H groups in total. The monoisotopic (exact) mass is 281 g/mol. The number of para-hydroxylation sites is 1. The summed E-state index contributed by atoms with van der Waals surface area (Å²) in [7, 11) is 0. The number of carbonyl (C=O) groups excluding carboxylic acids is 1. The number of hydrazone groups is 1. The molecule has 0 fully saturated rings. The molecule has 0 heterocycles. The number of urea groups is 1. The number of benzene rings is 2. The minimum Gasteiger partial charge on any atom is -0.350 e. The Kier molecular flexibility index (Phi) is 4.72.